The van der Waals surface area contributed by atoms with Crippen LogP contribution in [0.15, 0.2) is 12.1 Å². The number of ether oxygens (including phenoxy) is 3. The van der Waals surface area contributed by atoms with Gasteiger partial charge >= 0.3 is 5.97 Å². The first kappa shape index (κ1) is 21.4. The van der Waals surface area contributed by atoms with E-state index in [0.717, 1.165) is 6.42 Å². The first-order chi connectivity index (χ1) is 12.7. The standard InChI is InChI=1S/C20H28ClNO5/c1-12(2)27-19-16(21)7-15(8-17(19)25-5)20(24)26-11-18(23)22-9-13(3)6-14(4)10-22/h7-8,12-14H,6,9-11H2,1-5H3/t13-,14-/m1/s1. The monoisotopic (exact) mass is 397 g/mol. The van der Waals surface area contributed by atoms with Crippen molar-refractivity contribution in [1.29, 1.82) is 0 Å². The molecule has 0 saturated carbocycles. The van der Waals surface area contributed by atoms with Crippen molar-refractivity contribution in [2.75, 3.05) is 26.8 Å². The van der Waals surface area contributed by atoms with Crippen LogP contribution in [-0.2, 0) is 9.53 Å². The third-order valence-electron chi connectivity index (χ3n) is 4.37. The molecule has 1 aliphatic rings. The fraction of sp³-hybridized carbons (Fsp3) is 0.600. The van der Waals surface area contributed by atoms with Crippen molar-refractivity contribution in [3.05, 3.63) is 22.7 Å². The zero-order valence-electron chi connectivity index (χ0n) is 16.6. The van der Waals surface area contributed by atoms with Crippen LogP contribution in [0, 0.1) is 11.8 Å². The molecule has 1 saturated heterocycles. The Bertz CT molecular complexity index is 681. The summed E-state index contributed by atoms with van der Waals surface area (Å²) in [4.78, 5) is 26.5. The van der Waals surface area contributed by atoms with Gasteiger partial charge in [0.05, 0.1) is 23.8 Å². The second kappa shape index (κ2) is 9.31. The molecular weight excluding hydrogens is 370 g/mol. The fourth-order valence-electron chi connectivity index (χ4n) is 3.36. The van der Waals surface area contributed by atoms with E-state index in [4.69, 9.17) is 25.8 Å². The van der Waals surface area contributed by atoms with Crippen LogP contribution >= 0.6 is 11.6 Å². The molecule has 0 bridgehead atoms. The van der Waals surface area contributed by atoms with Gasteiger partial charge in [0.25, 0.3) is 5.91 Å². The SMILES string of the molecule is COc1cc(C(=O)OCC(=O)N2C[C@H](C)C[C@@H](C)C2)cc(Cl)c1OC(C)C. The van der Waals surface area contributed by atoms with E-state index >= 15 is 0 Å². The largest absolute Gasteiger partial charge is 0.493 e. The molecule has 1 heterocycles. The highest BCUT2D eigenvalue weighted by molar-refractivity contribution is 6.32. The maximum Gasteiger partial charge on any atom is 0.338 e. The summed E-state index contributed by atoms with van der Waals surface area (Å²) in [5, 5.41) is 0.250. The van der Waals surface area contributed by atoms with Crippen molar-refractivity contribution >= 4 is 23.5 Å². The first-order valence-electron chi connectivity index (χ1n) is 9.20. The molecule has 0 N–H and O–H groups in total. The lowest BCUT2D eigenvalue weighted by atomic mass is 9.92. The van der Waals surface area contributed by atoms with Crippen LogP contribution in [0.2, 0.25) is 5.02 Å². The van der Waals surface area contributed by atoms with Crippen molar-refractivity contribution in [2.45, 2.75) is 40.2 Å². The Hall–Kier alpha value is -1.95. The van der Waals surface area contributed by atoms with E-state index in [0.29, 0.717) is 36.4 Å². The van der Waals surface area contributed by atoms with E-state index < -0.39 is 5.97 Å². The number of benzene rings is 1. The number of nitrogens with zero attached hydrogens (tertiary/aromatic N) is 1. The van der Waals surface area contributed by atoms with Gasteiger partial charge in [-0.25, -0.2) is 4.79 Å². The van der Waals surface area contributed by atoms with Crippen LogP contribution in [0.5, 0.6) is 11.5 Å². The number of carbonyl (C=O) groups excluding carboxylic acids is 2. The number of carbonyl (C=O) groups is 2. The molecule has 1 aliphatic heterocycles. The van der Waals surface area contributed by atoms with Crippen molar-refractivity contribution in [2.24, 2.45) is 11.8 Å². The minimum absolute atomic E-state index is 0.0962. The number of piperidine rings is 1. The molecule has 6 nitrogen and oxygen atoms in total. The molecule has 0 unspecified atom stereocenters. The summed E-state index contributed by atoms with van der Waals surface area (Å²) in [6.07, 6.45) is 1.01. The van der Waals surface area contributed by atoms with E-state index in [1.807, 2.05) is 13.8 Å². The number of methoxy groups -OCH3 is 1. The third kappa shape index (κ3) is 5.76. The molecule has 7 heteroatoms. The summed E-state index contributed by atoms with van der Waals surface area (Å²) in [5.74, 6) is 0.804. The van der Waals surface area contributed by atoms with E-state index in [1.165, 1.54) is 19.2 Å². The van der Waals surface area contributed by atoms with Gasteiger partial charge in [0.2, 0.25) is 0 Å². The second-order valence-corrected chi connectivity index (χ2v) is 7.88. The van der Waals surface area contributed by atoms with Gasteiger partial charge in [-0.15, -0.1) is 0 Å². The number of hydrogen-bond donors (Lipinski definition) is 0. The lowest BCUT2D eigenvalue weighted by molar-refractivity contribution is -0.137. The summed E-state index contributed by atoms with van der Waals surface area (Å²) < 4.78 is 16.1. The zero-order chi connectivity index (χ0) is 20.1. The number of rotatable bonds is 6. The Kier molecular flexibility index (Phi) is 7.36. The normalized spacial score (nSPS) is 19.7. The predicted octanol–water partition coefficient (Wildman–Crippen LogP) is 3.80. The Morgan fingerprint density at radius 3 is 2.41 bits per heavy atom. The summed E-state index contributed by atoms with van der Waals surface area (Å²) in [6, 6.07) is 2.96. The average Bonchev–Trinajstić information content (AvgIpc) is 2.59. The lowest BCUT2D eigenvalue weighted by Crippen LogP contribution is -2.44. The number of hydrogen-bond acceptors (Lipinski definition) is 5. The summed E-state index contributed by atoms with van der Waals surface area (Å²) in [5.41, 5.74) is 0.209. The number of amides is 1. The van der Waals surface area contributed by atoms with Crippen LogP contribution in [0.25, 0.3) is 0 Å². The van der Waals surface area contributed by atoms with Crippen molar-refractivity contribution < 1.29 is 23.8 Å². The van der Waals surface area contributed by atoms with Gasteiger partial charge in [0.15, 0.2) is 18.1 Å². The second-order valence-electron chi connectivity index (χ2n) is 7.48. The molecule has 150 valence electrons. The van der Waals surface area contributed by atoms with Crippen molar-refractivity contribution in [3.63, 3.8) is 0 Å². The van der Waals surface area contributed by atoms with Gasteiger partial charge in [-0.05, 0) is 44.2 Å². The molecule has 1 aromatic rings. The number of esters is 1. The topological polar surface area (TPSA) is 65.1 Å². The van der Waals surface area contributed by atoms with Crippen LogP contribution in [-0.4, -0.2) is 49.7 Å². The molecular formula is C20H28ClNO5. The highest BCUT2D eigenvalue weighted by Gasteiger charge is 2.26. The van der Waals surface area contributed by atoms with Gasteiger partial charge in [0, 0.05) is 13.1 Å². The molecule has 1 amide bonds. The lowest BCUT2D eigenvalue weighted by Gasteiger charge is -2.34. The highest BCUT2D eigenvalue weighted by atomic mass is 35.5. The molecule has 27 heavy (non-hydrogen) atoms. The van der Waals surface area contributed by atoms with E-state index in [-0.39, 0.29) is 29.2 Å². The molecule has 0 aliphatic carbocycles. The van der Waals surface area contributed by atoms with Gasteiger partial charge in [-0.2, -0.15) is 0 Å². The predicted molar refractivity (Wildman–Crippen MR) is 104 cm³/mol. The molecule has 1 fully saturated rings. The minimum Gasteiger partial charge on any atom is -0.493 e. The minimum atomic E-state index is -0.627. The highest BCUT2D eigenvalue weighted by Crippen LogP contribution is 2.37. The Morgan fingerprint density at radius 2 is 1.85 bits per heavy atom. The van der Waals surface area contributed by atoms with Crippen LogP contribution in [0.1, 0.15) is 44.5 Å². The summed E-state index contributed by atoms with van der Waals surface area (Å²) in [6.45, 7) is 9.08. The van der Waals surface area contributed by atoms with Crippen LogP contribution in [0.3, 0.4) is 0 Å². The van der Waals surface area contributed by atoms with Crippen molar-refractivity contribution in [3.8, 4) is 11.5 Å². The molecule has 2 atom stereocenters. The van der Waals surface area contributed by atoms with Gasteiger partial charge in [-0.3, -0.25) is 4.79 Å². The Balaban J connectivity index is 2.03. The van der Waals surface area contributed by atoms with Gasteiger partial charge < -0.3 is 19.1 Å². The fourth-order valence-corrected chi connectivity index (χ4v) is 3.61. The van der Waals surface area contributed by atoms with Crippen molar-refractivity contribution in [1.82, 2.24) is 4.90 Å². The maximum atomic E-state index is 12.4. The molecule has 0 radical (unpaired) electrons. The van der Waals surface area contributed by atoms with Crippen LogP contribution < -0.4 is 9.47 Å². The molecule has 1 aromatic carbocycles. The molecule has 0 aromatic heterocycles. The smallest absolute Gasteiger partial charge is 0.338 e. The summed E-state index contributed by atoms with van der Waals surface area (Å²) in [7, 11) is 1.47. The number of likely N-dealkylation sites (tertiary alicyclic amines) is 1. The van der Waals surface area contributed by atoms with E-state index in [2.05, 4.69) is 13.8 Å². The first-order valence-corrected chi connectivity index (χ1v) is 9.58. The quantitative estimate of drug-likeness (QED) is 0.683. The third-order valence-corrected chi connectivity index (χ3v) is 4.65. The van der Waals surface area contributed by atoms with E-state index in [1.54, 1.807) is 4.90 Å². The van der Waals surface area contributed by atoms with E-state index in [9.17, 15) is 9.59 Å². The average molecular weight is 398 g/mol. The summed E-state index contributed by atoms with van der Waals surface area (Å²) >= 11 is 6.23. The maximum absolute atomic E-state index is 12.4. The van der Waals surface area contributed by atoms with Gasteiger partial charge in [-0.1, -0.05) is 25.4 Å². The molecule has 0 spiro atoms. The number of halogens is 1. The zero-order valence-corrected chi connectivity index (χ0v) is 17.3. The Morgan fingerprint density at radius 1 is 1.22 bits per heavy atom. The Labute approximate surface area is 165 Å². The molecule has 2 rings (SSSR count). The van der Waals surface area contributed by atoms with Gasteiger partial charge in [0.1, 0.15) is 0 Å². The van der Waals surface area contributed by atoms with Crippen LogP contribution in [0.4, 0.5) is 0 Å².